The first-order chi connectivity index (χ1) is 7.26. The van der Waals surface area contributed by atoms with Gasteiger partial charge in [0.25, 0.3) is 0 Å². The summed E-state index contributed by atoms with van der Waals surface area (Å²) in [4.78, 5) is 12.5. The van der Waals surface area contributed by atoms with Crippen LogP contribution in [0.3, 0.4) is 0 Å². The van der Waals surface area contributed by atoms with Crippen molar-refractivity contribution >= 4 is 33.6 Å². The van der Waals surface area contributed by atoms with Gasteiger partial charge in [-0.1, -0.05) is 0 Å². The van der Waals surface area contributed by atoms with E-state index < -0.39 is 0 Å². The topological polar surface area (TPSA) is 26.3 Å². The van der Waals surface area contributed by atoms with Crippen molar-refractivity contribution < 1.29 is 9.53 Å². The smallest absolute Gasteiger partial charge is 0.126 e. The number of ether oxygens (including phenoxy) is 1. The Labute approximate surface area is 102 Å². The van der Waals surface area contributed by atoms with Gasteiger partial charge in [-0.15, -0.1) is 11.3 Å². The zero-order valence-electron chi connectivity index (χ0n) is 8.37. The Morgan fingerprint density at radius 2 is 2.27 bits per heavy atom. The van der Waals surface area contributed by atoms with E-state index in [1.165, 1.54) is 4.88 Å². The molecule has 1 aromatic heterocycles. The second kappa shape index (κ2) is 4.76. The first-order valence-corrected chi connectivity index (χ1v) is 6.69. The van der Waals surface area contributed by atoms with Crippen LogP contribution in [0.1, 0.15) is 17.7 Å². The van der Waals surface area contributed by atoms with Crippen LogP contribution >= 0.6 is 27.3 Å². The molecule has 1 aliphatic heterocycles. The first-order valence-electron chi connectivity index (χ1n) is 5.02. The van der Waals surface area contributed by atoms with Crippen LogP contribution in [0.4, 0.5) is 0 Å². The van der Waals surface area contributed by atoms with Gasteiger partial charge in [0, 0.05) is 28.0 Å². The van der Waals surface area contributed by atoms with Crippen LogP contribution in [-0.2, 0) is 16.0 Å². The first kappa shape index (κ1) is 11.3. The van der Waals surface area contributed by atoms with Crippen LogP contribution in [0.5, 0.6) is 0 Å². The molecule has 0 unspecified atom stereocenters. The summed E-state index contributed by atoms with van der Waals surface area (Å²) in [6.45, 7) is 1.42. The van der Waals surface area contributed by atoms with Crippen molar-refractivity contribution in [3.8, 4) is 0 Å². The van der Waals surface area contributed by atoms with Gasteiger partial charge in [-0.25, -0.2) is 0 Å². The molecule has 4 heteroatoms. The van der Waals surface area contributed by atoms with Crippen molar-refractivity contribution in [2.45, 2.75) is 19.3 Å². The summed E-state index contributed by atoms with van der Waals surface area (Å²) in [6.07, 6.45) is 3.67. The number of aldehydes is 1. The Bertz CT molecular complexity index is 342. The van der Waals surface area contributed by atoms with E-state index in [2.05, 4.69) is 21.3 Å². The molecule has 0 N–H and O–H groups in total. The van der Waals surface area contributed by atoms with Gasteiger partial charge in [0.15, 0.2) is 0 Å². The minimum absolute atomic E-state index is 0.189. The summed E-state index contributed by atoms with van der Waals surface area (Å²) in [5.74, 6) is 0. The fourth-order valence-corrected chi connectivity index (χ4v) is 3.53. The maximum atomic E-state index is 11.3. The van der Waals surface area contributed by atoms with E-state index >= 15 is 0 Å². The van der Waals surface area contributed by atoms with Crippen LogP contribution in [-0.4, -0.2) is 19.5 Å². The molecule has 0 amide bonds. The fraction of sp³-hybridized carbons (Fsp3) is 0.545. The largest absolute Gasteiger partial charge is 0.381 e. The van der Waals surface area contributed by atoms with E-state index in [0.29, 0.717) is 13.2 Å². The Balaban J connectivity index is 2.13. The van der Waals surface area contributed by atoms with Gasteiger partial charge in [0.1, 0.15) is 6.29 Å². The molecule has 0 aromatic carbocycles. The summed E-state index contributed by atoms with van der Waals surface area (Å²) < 4.78 is 6.43. The molecule has 1 aliphatic rings. The third-order valence-corrected chi connectivity index (χ3v) is 4.87. The van der Waals surface area contributed by atoms with E-state index in [0.717, 1.165) is 30.0 Å². The van der Waals surface area contributed by atoms with Gasteiger partial charge >= 0.3 is 0 Å². The number of rotatable bonds is 3. The molecule has 0 bridgehead atoms. The number of carbonyl (C=O) groups is 1. The molecule has 2 heterocycles. The van der Waals surface area contributed by atoms with Gasteiger partial charge in [0.05, 0.1) is 0 Å². The van der Waals surface area contributed by atoms with E-state index in [1.54, 1.807) is 11.3 Å². The minimum Gasteiger partial charge on any atom is -0.381 e. The van der Waals surface area contributed by atoms with Crippen molar-refractivity contribution in [1.82, 2.24) is 0 Å². The average molecular weight is 289 g/mol. The molecule has 0 radical (unpaired) electrons. The van der Waals surface area contributed by atoms with E-state index in [1.807, 2.05) is 6.07 Å². The van der Waals surface area contributed by atoms with Crippen LogP contribution in [0.2, 0.25) is 0 Å². The highest BCUT2D eigenvalue weighted by Gasteiger charge is 2.33. The lowest BCUT2D eigenvalue weighted by atomic mass is 9.78. The molecule has 82 valence electrons. The maximum Gasteiger partial charge on any atom is 0.126 e. The second-order valence-electron chi connectivity index (χ2n) is 3.96. The molecule has 0 atom stereocenters. The second-order valence-corrected chi connectivity index (χ2v) is 5.82. The van der Waals surface area contributed by atoms with Crippen molar-refractivity contribution in [2.24, 2.45) is 5.41 Å². The summed E-state index contributed by atoms with van der Waals surface area (Å²) in [6, 6.07) is 2.04. The van der Waals surface area contributed by atoms with E-state index in [9.17, 15) is 4.79 Å². The predicted octanol–water partition coefficient (Wildman–Crippen LogP) is 3.05. The third-order valence-electron chi connectivity index (χ3n) is 2.94. The number of thiophene rings is 1. The molecule has 2 rings (SSSR count). The van der Waals surface area contributed by atoms with E-state index in [4.69, 9.17) is 4.74 Å². The Kier molecular flexibility index (Phi) is 3.59. The van der Waals surface area contributed by atoms with Gasteiger partial charge in [0.2, 0.25) is 0 Å². The van der Waals surface area contributed by atoms with Crippen molar-refractivity contribution in [3.63, 3.8) is 0 Å². The highest BCUT2D eigenvalue weighted by molar-refractivity contribution is 9.10. The quantitative estimate of drug-likeness (QED) is 0.799. The number of carbonyl (C=O) groups excluding carboxylic acids is 1. The monoisotopic (exact) mass is 288 g/mol. The Morgan fingerprint density at radius 3 is 2.80 bits per heavy atom. The van der Waals surface area contributed by atoms with Crippen molar-refractivity contribution in [2.75, 3.05) is 13.2 Å². The van der Waals surface area contributed by atoms with Crippen LogP contribution < -0.4 is 0 Å². The molecular formula is C11H13BrO2S. The molecule has 0 spiro atoms. The molecule has 0 aliphatic carbocycles. The van der Waals surface area contributed by atoms with E-state index in [-0.39, 0.29) is 5.41 Å². The molecule has 2 nitrogen and oxygen atoms in total. The average Bonchev–Trinajstić information content (AvgIpc) is 2.66. The zero-order valence-corrected chi connectivity index (χ0v) is 10.8. The van der Waals surface area contributed by atoms with Crippen molar-refractivity contribution in [3.05, 3.63) is 20.8 Å². The molecule has 15 heavy (non-hydrogen) atoms. The van der Waals surface area contributed by atoms with Crippen LogP contribution in [0.15, 0.2) is 15.9 Å². The highest BCUT2D eigenvalue weighted by Crippen LogP contribution is 2.36. The molecule has 1 fully saturated rings. The maximum absolute atomic E-state index is 11.3. The zero-order chi connectivity index (χ0) is 10.7. The molecule has 1 aromatic rings. The van der Waals surface area contributed by atoms with Crippen molar-refractivity contribution in [1.29, 1.82) is 0 Å². The number of hydrogen-bond acceptors (Lipinski definition) is 3. The van der Waals surface area contributed by atoms with Gasteiger partial charge in [-0.3, -0.25) is 0 Å². The third kappa shape index (κ3) is 2.49. The summed E-state index contributed by atoms with van der Waals surface area (Å²) in [5.41, 5.74) is -0.189. The standard InChI is InChI=1S/C11H13BrO2S/c12-9-1-6-15-10(9)7-11(8-13)2-4-14-5-3-11/h1,6,8H,2-5,7H2. The Hall–Kier alpha value is -0.190. The van der Waals surface area contributed by atoms with Crippen LogP contribution in [0, 0.1) is 5.41 Å². The lowest BCUT2D eigenvalue weighted by Crippen LogP contribution is -2.33. The van der Waals surface area contributed by atoms with Gasteiger partial charge in [-0.2, -0.15) is 0 Å². The molecule has 1 saturated heterocycles. The summed E-state index contributed by atoms with van der Waals surface area (Å²) >= 11 is 5.22. The number of halogens is 1. The molecule has 0 saturated carbocycles. The minimum atomic E-state index is -0.189. The van der Waals surface area contributed by atoms with Gasteiger partial charge in [-0.05, 0) is 46.6 Å². The summed E-state index contributed by atoms with van der Waals surface area (Å²) in [7, 11) is 0. The normalized spacial score (nSPS) is 20.1. The highest BCUT2D eigenvalue weighted by atomic mass is 79.9. The number of hydrogen-bond donors (Lipinski definition) is 0. The van der Waals surface area contributed by atoms with Crippen LogP contribution in [0.25, 0.3) is 0 Å². The predicted molar refractivity (Wildman–Crippen MR) is 64.3 cm³/mol. The molecular weight excluding hydrogens is 276 g/mol. The lowest BCUT2D eigenvalue weighted by Gasteiger charge is -2.31. The fourth-order valence-electron chi connectivity index (χ4n) is 1.89. The summed E-state index contributed by atoms with van der Waals surface area (Å²) in [5, 5.41) is 2.05. The van der Waals surface area contributed by atoms with Gasteiger partial charge < -0.3 is 9.53 Å². The lowest BCUT2D eigenvalue weighted by molar-refractivity contribution is -0.121. The Morgan fingerprint density at radius 1 is 1.53 bits per heavy atom. The SMILES string of the molecule is O=CC1(Cc2sccc2Br)CCOCC1.